The summed E-state index contributed by atoms with van der Waals surface area (Å²) in [5.74, 6) is 0.853. The van der Waals surface area contributed by atoms with Crippen molar-refractivity contribution in [3.8, 4) is 0 Å². The summed E-state index contributed by atoms with van der Waals surface area (Å²) in [5.41, 5.74) is 1.21. The van der Waals surface area contributed by atoms with Crippen molar-refractivity contribution in [2.45, 2.75) is 71.8 Å². The van der Waals surface area contributed by atoms with E-state index in [1.54, 1.807) is 0 Å². The van der Waals surface area contributed by atoms with Crippen molar-refractivity contribution in [2.75, 3.05) is 13.2 Å². The second-order valence-electron chi connectivity index (χ2n) is 6.60. The molecule has 0 spiro atoms. The fraction of sp³-hybridized carbons (Fsp3) is 0.833. The van der Waals surface area contributed by atoms with Crippen LogP contribution in [0.4, 0.5) is 0 Å². The third-order valence-electron chi connectivity index (χ3n) is 4.44. The Morgan fingerprint density at radius 3 is 2.71 bits per heavy atom. The Morgan fingerprint density at radius 2 is 2.05 bits per heavy atom. The number of carbonyl (C=O) groups excluding carboxylic acids is 1. The first-order valence-corrected chi connectivity index (χ1v) is 8.45. The molecule has 0 radical (unpaired) electrons. The van der Waals surface area contributed by atoms with E-state index in [1.165, 1.54) is 24.8 Å². The van der Waals surface area contributed by atoms with E-state index < -0.39 is 0 Å². The number of aliphatic hydroxyl groups excluding tert-OH is 1. The van der Waals surface area contributed by atoms with Gasteiger partial charge in [-0.25, -0.2) is 0 Å². The van der Waals surface area contributed by atoms with Gasteiger partial charge in [0.25, 0.3) is 0 Å². The van der Waals surface area contributed by atoms with Crippen LogP contribution in [0.5, 0.6) is 0 Å². The Balaban J connectivity index is 2.30. The molecule has 3 heteroatoms. The normalized spacial score (nSPS) is 25.0. The lowest BCUT2D eigenvalue weighted by atomic mass is 9.86. The van der Waals surface area contributed by atoms with Crippen LogP contribution in [0.25, 0.3) is 0 Å². The van der Waals surface area contributed by atoms with E-state index in [0.29, 0.717) is 24.9 Å². The minimum absolute atomic E-state index is 0.178. The van der Waals surface area contributed by atoms with Crippen molar-refractivity contribution in [1.82, 2.24) is 0 Å². The summed E-state index contributed by atoms with van der Waals surface area (Å²) in [7, 11) is 0. The van der Waals surface area contributed by atoms with Crippen LogP contribution in [0, 0.1) is 11.8 Å². The van der Waals surface area contributed by atoms with Crippen LogP contribution < -0.4 is 0 Å². The molecule has 1 aliphatic rings. The van der Waals surface area contributed by atoms with Gasteiger partial charge in [-0.15, -0.1) is 0 Å². The Morgan fingerprint density at radius 1 is 1.29 bits per heavy atom. The SMILES string of the molecule is CCCCCC1C(O)CCC1CC(=O)COCC=C(C)C. The lowest BCUT2D eigenvalue weighted by molar-refractivity contribution is -0.124. The summed E-state index contributed by atoms with van der Waals surface area (Å²) in [5, 5.41) is 10.1. The molecule has 3 unspecified atom stereocenters. The molecule has 0 aromatic rings. The van der Waals surface area contributed by atoms with E-state index in [0.717, 1.165) is 19.3 Å². The molecule has 1 rings (SSSR count). The van der Waals surface area contributed by atoms with E-state index in [1.807, 2.05) is 19.9 Å². The van der Waals surface area contributed by atoms with Crippen LogP contribution in [0.2, 0.25) is 0 Å². The number of aliphatic hydroxyl groups is 1. The van der Waals surface area contributed by atoms with Gasteiger partial charge in [-0.3, -0.25) is 4.79 Å². The number of ketones is 1. The van der Waals surface area contributed by atoms with Gasteiger partial charge < -0.3 is 9.84 Å². The average molecular weight is 296 g/mol. The molecule has 21 heavy (non-hydrogen) atoms. The van der Waals surface area contributed by atoms with Gasteiger partial charge in [-0.1, -0.05) is 37.8 Å². The molecule has 1 N–H and O–H groups in total. The molecule has 0 heterocycles. The molecular formula is C18H32O3. The van der Waals surface area contributed by atoms with Gasteiger partial charge in [0.15, 0.2) is 5.78 Å². The number of unbranched alkanes of at least 4 members (excludes halogenated alkanes) is 2. The van der Waals surface area contributed by atoms with Crippen LogP contribution in [-0.4, -0.2) is 30.2 Å². The zero-order chi connectivity index (χ0) is 15.7. The van der Waals surface area contributed by atoms with Gasteiger partial charge in [-0.05, 0) is 44.9 Å². The smallest absolute Gasteiger partial charge is 0.158 e. The Kier molecular flexibility index (Phi) is 8.86. The Bertz CT molecular complexity index is 331. The van der Waals surface area contributed by atoms with Crippen LogP contribution in [0.15, 0.2) is 11.6 Å². The molecule has 0 aromatic carbocycles. The highest BCUT2D eigenvalue weighted by atomic mass is 16.5. The van der Waals surface area contributed by atoms with E-state index in [9.17, 15) is 9.90 Å². The maximum absolute atomic E-state index is 12.0. The quantitative estimate of drug-likeness (QED) is 0.491. The van der Waals surface area contributed by atoms with Crippen molar-refractivity contribution >= 4 is 5.78 Å². The first-order chi connectivity index (χ1) is 10.0. The van der Waals surface area contributed by atoms with E-state index in [4.69, 9.17) is 4.74 Å². The van der Waals surface area contributed by atoms with Crippen molar-refractivity contribution < 1.29 is 14.6 Å². The fourth-order valence-corrected chi connectivity index (χ4v) is 3.19. The van der Waals surface area contributed by atoms with Gasteiger partial charge in [0, 0.05) is 6.42 Å². The van der Waals surface area contributed by atoms with Crippen LogP contribution in [0.1, 0.15) is 65.7 Å². The number of rotatable bonds is 10. The molecule has 1 saturated carbocycles. The monoisotopic (exact) mass is 296 g/mol. The number of carbonyl (C=O) groups is 1. The molecule has 1 fully saturated rings. The molecule has 0 saturated heterocycles. The van der Waals surface area contributed by atoms with Crippen molar-refractivity contribution in [3.05, 3.63) is 11.6 Å². The first kappa shape index (κ1) is 18.4. The van der Waals surface area contributed by atoms with Crippen LogP contribution in [0.3, 0.4) is 0 Å². The minimum Gasteiger partial charge on any atom is -0.393 e. The zero-order valence-electron chi connectivity index (χ0n) is 13.9. The maximum Gasteiger partial charge on any atom is 0.158 e. The molecule has 122 valence electrons. The zero-order valence-corrected chi connectivity index (χ0v) is 13.9. The molecule has 3 atom stereocenters. The van der Waals surface area contributed by atoms with Crippen LogP contribution in [-0.2, 0) is 9.53 Å². The van der Waals surface area contributed by atoms with E-state index in [2.05, 4.69) is 6.92 Å². The number of hydrogen-bond acceptors (Lipinski definition) is 3. The summed E-state index contributed by atoms with van der Waals surface area (Å²) in [6.45, 7) is 6.95. The van der Waals surface area contributed by atoms with Gasteiger partial charge in [-0.2, -0.15) is 0 Å². The highest BCUT2D eigenvalue weighted by Crippen LogP contribution is 2.37. The number of hydrogen-bond donors (Lipinski definition) is 1. The lowest BCUT2D eigenvalue weighted by Gasteiger charge is -2.21. The predicted molar refractivity (Wildman–Crippen MR) is 86.2 cm³/mol. The predicted octanol–water partition coefficient (Wildman–Crippen LogP) is 3.90. The summed E-state index contributed by atoms with van der Waals surface area (Å²) >= 11 is 0. The van der Waals surface area contributed by atoms with Gasteiger partial charge in [0.1, 0.15) is 6.61 Å². The van der Waals surface area contributed by atoms with Gasteiger partial charge >= 0.3 is 0 Å². The summed E-state index contributed by atoms with van der Waals surface area (Å²) in [6, 6.07) is 0. The fourth-order valence-electron chi connectivity index (χ4n) is 3.19. The highest BCUT2D eigenvalue weighted by molar-refractivity contribution is 5.79. The van der Waals surface area contributed by atoms with E-state index >= 15 is 0 Å². The number of allylic oxidation sites excluding steroid dienone is 1. The van der Waals surface area contributed by atoms with Crippen LogP contribution >= 0.6 is 0 Å². The third kappa shape index (κ3) is 7.23. The second kappa shape index (κ2) is 10.1. The molecule has 0 amide bonds. The van der Waals surface area contributed by atoms with E-state index in [-0.39, 0.29) is 18.5 Å². The number of ether oxygens (including phenoxy) is 1. The molecule has 1 aliphatic carbocycles. The summed E-state index contributed by atoms with van der Waals surface area (Å²) in [4.78, 5) is 12.0. The molecular weight excluding hydrogens is 264 g/mol. The minimum atomic E-state index is -0.203. The lowest BCUT2D eigenvalue weighted by Crippen LogP contribution is -2.22. The average Bonchev–Trinajstić information content (AvgIpc) is 2.76. The summed E-state index contributed by atoms with van der Waals surface area (Å²) in [6.07, 6.45) is 8.84. The van der Waals surface area contributed by atoms with Crippen molar-refractivity contribution in [1.29, 1.82) is 0 Å². The number of Topliss-reactive ketones (excluding diaryl/α,β-unsaturated/α-hetero) is 1. The second-order valence-corrected chi connectivity index (χ2v) is 6.60. The highest BCUT2D eigenvalue weighted by Gasteiger charge is 2.35. The maximum atomic E-state index is 12.0. The van der Waals surface area contributed by atoms with Crippen molar-refractivity contribution in [2.24, 2.45) is 11.8 Å². The summed E-state index contributed by atoms with van der Waals surface area (Å²) < 4.78 is 5.39. The first-order valence-electron chi connectivity index (χ1n) is 8.45. The van der Waals surface area contributed by atoms with Crippen molar-refractivity contribution in [3.63, 3.8) is 0 Å². The molecule has 0 aliphatic heterocycles. The standard InChI is InChI=1S/C18H32O3/c1-4-5-6-7-17-15(8-9-18(17)20)12-16(19)13-21-11-10-14(2)3/h10,15,17-18,20H,4-9,11-13H2,1-3H3. The Labute approximate surface area is 129 Å². The van der Waals surface area contributed by atoms with Gasteiger partial charge in [0.2, 0.25) is 0 Å². The topological polar surface area (TPSA) is 46.5 Å². The molecule has 3 nitrogen and oxygen atoms in total. The largest absolute Gasteiger partial charge is 0.393 e. The molecule has 0 aromatic heterocycles. The van der Waals surface area contributed by atoms with Gasteiger partial charge in [0.05, 0.1) is 12.7 Å². The third-order valence-corrected chi connectivity index (χ3v) is 4.44. The molecule has 0 bridgehead atoms. The Hall–Kier alpha value is -0.670.